The first-order valence-corrected chi connectivity index (χ1v) is 10.6. The highest BCUT2D eigenvalue weighted by Gasteiger charge is 2.30. The van der Waals surface area contributed by atoms with E-state index in [1.165, 1.54) is 22.5 Å². The molecular weight excluding hydrogens is 372 g/mol. The second kappa shape index (κ2) is 9.65. The molecule has 0 aromatic heterocycles. The Kier molecular flexibility index (Phi) is 7.55. The van der Waals surface area contributed by atoms with E-state index in [4.69, 9.17) is 0 Å². The van der Waals surface area contributed by atoms with Gasteiger partial charge in [0, 0.05) is 44.9 Å². The van der Waals surface area contributed by atoms with Gasteiger partial charge in [0.1, 0.15) is 0 Å². The Morgan fingerprint density at radius 1 is 1.19 bits per heavy atom. The summed E-state index contributed by atoms with van der Waals surface area (Å²) in [5, 5.41) is 13.7. The van der Waals surface area contributed by atoms with Crippen molar-refractivity contribution >= 4 is 21.7 Å². The Morgan fingerprint density at radius 3 is 2.52 bits per heavy atom. The van der Waals surface area contributed by atoms with Crippen LogP contribution in [0.25, 0.3) is 0 Å². The number of non-ortho nitro benzene ring substituents is 1. The summed E-state index contributed by atoms with van der Waals surface area (Å²) in [6.07, 6.45) is 4.28. The van der Waals surface area contributed by atoms with Gasteiger partial charge in [0.15, 0.2) is 0 Å². The van der Waals surface area contributed by atoms with Gasteiger partial charge in [-0.15, -0.1) is 0 Å². The minimum Gasteiger partial charge on any atom is -0.338 e. The third kappa shape index (κ3) is 5.64. The molecule has 1 saturated heterocycles. The maximum absolute atomic E-state index is 12.7. The molecule has 0 saturated carbocycles. The molecule has 0 bridgehead atoms. The molecule has 27 heavy (non-hydrogen) atoms. The predicted molar refractivity (Wildman–Crippen MR) is 101 cm³/mol. The van der Waals surface area contributed by atoms with Crippen molar-refractivity contribution in [2.45, 2.75) is 37.5 Å². The molecule has 9 nitrogen and oxygen atoms in total. The van der Waals surface area contributed by atoms with Crippen molar-refractivity contribution in [1.29, 1.82) is 0 Å². The van der Waals surface area contributed by atoms with Gasteiger partial charge in [-0.3, -0.25) is 10.1 Å². The summed E-state index contributed by atoms with van der Waals surface area (Å²) in [5.41, 5.74) is -0.267. The highest BCUT2D eigenvalue weighted by molar-refractivity contribution is 7.89. The van der Waals surface area contributed by atoms with Crippen LogP contribution in [0, 0.1) is 10.1 Å². The number of amides is 2. The van der Waals surface area contributed by atoms with Gasteiger partial charge in [0.05, 0.1) is 9.82 Å². The molecular formula is C17H26N4O5S. The van der Waals surface area contributed by atoms with E-state index in [1.807, 2.05) is 0 Å². The number of nitro groups is 1. The second-order valence-electron chi connectivity index (χ2n) is 6.44. The lowest BCUT2D eigenvalue weighted by Crippen LogP contribution is -2.53. The number of nitrogens with zero attached hydrogens (tertiary/aromatic N) is 3. The van der Waals surface area contributed by atoms with Crippen LogP contribution in [-0.2, 0) is 10.0 Å². The van der Waals surface area contributed by atoms with Gasteiger partial charge >= 0.3 is 6.03 Å². The molecule has 0 atom stereocenters. The minimum atomic E-state index is -3.82. The molecule has 150 valence electrons. The number of hydrogen-bond acceptors (Lipinski definition) is 5. The van der Waals surface area contributed by atoms with Crippen molar-refractivity contribution in [1.82, 2.24) is 14.5 Å². The summed E-state index contributed by atoms with van der Waals surface area (Å²) >= 11 is 0. The fourth-order valence-electron chi connectivity index (χ4n) is 2.90. The van der Waals surface area contributed by atoms with Crippen molar-refractivity contribution in [3.63, 3.8) is 0 Å². The molecule has 1 fully saturated rings. The smallest absolute Gasteiger partial charge is 0.317 e. The van der Waals surface area contributed by atoms with E-state index in [9.17, 15) is 23.3 Å². The molecule has 1 aliphatic heterocycles. The first-order valence-electron chi connectivity index (χ1n) is 9.13. The number of nitro benzene ring substituents is 1. The van der Waals surface area contributed by atoms with Gasteiger partial charge in [0.25, 0.3) is 5.69 Å². The van der Waals surface area contributed by atoms with E-state index >= 15 is 0 Å². The summed E-state index contributed by atoms with van der Waals surface area (Å²) in [6, 6.07) is 4.83. The normalized spacial score (nSPS) is 15.5. The van der Waals surface area contributed by atoms with E-state index in [1.54, 1.807) is 4.90 Å². The number of nitrogens with one attached hydrogen (secondary N) is 1. The molecule has 1 aromatic rings. The number of carbonyl (C=O) groups excluding carboxylic acids is 1. The van der Waals surface area contributed by atoms with Crippen LogP contribution in [0.3, 0.4) is 0 Å². The van der Waals surface area contributed by atoms with Gasteiger partial charge in [-0.25, -0.2) is 13.2 Å². The Labute approximate surface area is 159 Å². The van der Waals surface area contributed by atoms with Gasteiger partial charge in [-0.05, 0) is 12.5 Å². The molecule has 2 rings (SSSR count). The number of sulfonamides is 1. The number of rotatable bonds is 8. The molecule has 1 heterocycles. The van der Waals surface area contributed by atoms with Gasteiger partial charge in [-0.2, -0.15) is 4.31 Å². The zero-order valence-electron chi connectivity index (χ0n) is 15.5. The monoisotopic (exact) mass is 398 g/mol. The van der Waals surface area contributed by atoms with Crippen molar-refractivity contribution in [2.75, 3.05) is 32.7 Å². The Hall–Kier alpha value is -2.20. The van der Waals surface area contributed by atoms with Crippen LogP contribution < -0.4 is 5.32 Å². The number of piperazine rings is 1. The molecule has 0 aliphatic carbocycles. The first-order chi connectivity index (χ1) is 12.9. The second-order valence-corrected chi connectivity index (χ2v) is 8.38. The zero-order valence-corrected chi connectivity index (χ0v) is 16.3. The lowest BCUT2D eigenvalue weighted by Gasteiger charge is -2.34. The van der Waals surface area contributed by atoms with Crippen LogP contribution in [-0.4, -0.2) is 61.3 Å². The number of hydrogen-bond donors (Lipinski definition) is 1. The molecule has 10 heteroatoms. The van der Waals surface area contributed by atoms with Crippen molar-refractivity contribution in [3.05, 3.63) is 34.4 Å². The molecule has 0 spiro atoms. The van der Waals surface area contributed by atoms with Crippen LogP contribution in [0.2, 0.25) is 0 Å². The fraction of sp³-hybridized carbons (Fsp3) is 0.588. The SMILES string of the molecule is CCCCCCNC(=O)N1CCN(S(=O)(=O)c2cccc([N+](=O)[O-])c2)CC1. The van der Waals surface area contributed by atoms with E-state index in [0.29, 0.717) is 6.54 Å². The summed E-state index contributed by atoms with van der Waals surface area (Å²) in [4.78, 5) is 23.9. The van der Waals surface area contributed by atoms with Gasteiger partial charge in [0.2, 0.25) is 10.0 Å². The molecule has 0 unspecified atom stereocenters. The third-order valence-corrected chi connectivity index (χ3v) is 6.39. The molecule has 1 aliphatic rings. The van der Waals surface area contributed by atoms with E-state index in [0.717, 1.165) is 31.7 Å². The summed E-state index contributed by atoms with van der Waals surface area (Å²) in [5.74, 6) is 0. The number of unbranched alkanes of at least 4 members (excludes halogenated alkanes) is 3. The van der Waals surface area contributed by atoms with Crippen LogP contribution >= 0.6 is 0 Å². The summed E-state index contributed by atoms with van der Waals surface area (Å²) in [6.45, 7) is 3.64. The van der Waals surface area contributed by atoms with Gasteiger partial charge in [-0.1, -0.05) is 32.3 Å². The highest BCUT2D eigenvalue weighted by atomic mass is 32.2. The van der Waals surface area contributed by atoms with Crippen molar-refractivity contribution in [3.8, 4) is 0 Å². The quantitative estimate of drug-likeness (QED) is 0.410. The first kappa shape index (κ1) is 21.1. The number of urea groups is 1. The maximum atomic E-state index is 12.7. The highest BCUT2D eigenvalue weighted by Crippen LogP contribution is 2.22. The molecule has 2 amide bonds. The maximum Gasteiger partial charge on any atom is 0.317 e. The van der Waals surface area contributed by atoms with Crippen molar-refractivity contribution < 1.29 is 18.1 Å². The lowest BCUT2D eigenvalue weighted by atomic mass is 10.2. The van der Waals surface area contributed by atoms with Crippen LogP contribution in [0.15, 0.2) is 29.2 Å². The molecule has 1 N–H and O–H groups in total. The summed E-state index contributed by atoms with van der Waals surface area (Å²) in [7, 11) is -3.82. The average molecular weight is 398 g/mol. The van der Waals surface area contributed by atoms with Crippen LogP contribution in [0.1, 0.15) is 32.6 Å². The summed E-state index contributed by atoms with van der Waals surface area (Å²) < 4.78 is 26.7. The van der Waals surface area contributed by atoms with E-state index in [-0.39, 0.29) is 42.8 Å². The zero-order chi connectivity index (χ0) is 19.9. The lowest BCUT2D eigenvalue weighted by molar-refractivity contribution is -0.385. The fourth-order valence-corrected chi connectivity index (χ4v) is 4.36. The Balaban J connectivity index is 1.90. The topological polar surface area (TPSA) is 113 Å². The number of carbonyl (C=O) groups is 1. The molecule has 1 aromatic carbocycles. The van der Waals surface area contributed by atoms with Crippen LogP contribution in [0.5, 0.6) is 0 Å². The predicted octanol–water partition coefficient (Wildman–Crippen LogP) is 2.19. The third-order valence-electron chi connectivity index (χ3n) is 4.50. The van der Waals surface area contributed by atoms with E-state index in [2.05, 4.69) is 12.2 Å². The van der Waals surface area contributed by atoms with Gasteiger partial charge < -0.3 is 10.2 Å². The molecule has 0 radical (unpaired) electrons. The number of benzene rings is 1. The van der Waals surface area contributed by atoms with Crippen LogP contribution in [0.4, 0.5) is 10.5 Å². The largest absolute Gasteiger partial charge is 0.338 e. The van der Waals surface area contributed by atoms with Crippen molar-refractivity contribution in [2.24, 2.45) is 0 Å². The van der Waals surface area contributed by atoms with E-state index < -0.39 is 14.9 Å². The average Bonchev–Trinajstić information content (AvgIpc) is 2.68. The Morgan fingerprint density at radius 2 is 1.89 bits per heavy atom. The Bertz CT molecular complexity index is 760. The minimum absolute atomic E-state index is 0.106. The standard InChI is InChI=1S/C17H26N4O5S/c1-2-3-4-5-9-18-17(22)19-10-12-20(13-11-19)27(25,26)16-8-6-7-15(14-16)21(23)24/h6-8,14H,2-5,9-13H2,1H3,(H,18,22).